The molecule has 3 heteroatoms. The number of fused-ring (bicyclic) bond motifs is 3. The van der Waals surface area contributed by atoms with Gasteiger partial charge in [-0.3, -0.25) is 9.59 Å². The van der Waals surface area contributed by atoms with Crippen LogP contribution in [0.5, 0.6) is 0 Å². The Balaban J connectivity index is 1.50. The molecule has 6 atom stereocenters. The number of ketones is 2. The molecule has 0 amide bonds. The van der Waals surface area contributed by atoms with E-state index in [0.29, 0.717) is 42.2 Å². The average molecular weight is 288 g/mol. The molecule has 0 radical (unpaired) electrons. The molecule has 3 nitrogen and oxygen atoms in total. The molecule has 0 aromatic carbocycles. The molecule has 0 aromatic heterocycles. The minimum absolute atomic E-state index is 0.0246. The van der Waals surface area contributed by atoms with Crippen LogP contribution >= 0.6 is 0 Å². The van der Waals surface area contributed by atoms with Crippen molar-refractivity contribution in [2.24, 2.45) is 23.2 Å². The van der Waals surface area contributed by atoms with Crippen LogP contribution in [0.2, 0.25) is 0 Å². The van der Waals surface area contributed by atoms with Crippen LogP contribution in [0.15, 0.2) is 0 Å². The summed E-state index contributed by atoms with van der Waals surface area (Å²) in [6.45, 7) is 2.22. The Hall–Kier alpha value is -0.700. The third kappa shape index (κ3) is 1.31. The van der Waals surface area contributed by atoms with E-state index in [1.54, 1.807) is 0 Å². The van der Waals surface area contributed by atoms with E-state index in [-0.39, 0.29) is 16.6 Å². The number of hydrogen-bond acceptors (Lipinski definition) is 3. The van der Waals surface area contributed by atoms with Crippen molar-refractivity contribution in [2.75, 3.05) is 0 Å². The van der Waals surface area contributed by atoms with E-state index in [1.165, 1.54) is 6.42 Å². The third-order valence-electron chi connectivity index (χ3n) is 7.99. The lowest BCUT2D eigenvalue weighted by molar-refractivity contribution is -0.131. The Morgan fingerprint density at radius 3 is 2.71 bits per heavy atom. The number of hydrogen-bond donors (Lipinski definition) is 0. The first-order valence-corrected chi connectivity index (χ1v) is 8.76. The highest BCUT2D eigenvalue weighted by Crippen LogP contribution is 2.72. The molecular formula is C18H24O3. The Kier molecular flexibility index (Phi) is 2.20. The predicted octanol–water partition coefficient (Wildman–Crippen LogP) is 3.05. The average Bonchev–Trinajstić information content (AvgIpc) is 3.05. The lowest BCUT2D eigenvalue weighted by Gasteiger charge is -2.51. The second-order valence-corrected chi connectivity index (χ2v) is 8.53. The molecule has 21 heavy (non-hydrogen) atoms. The van der Waals surface area contributed by atoms with Gasteiger partial charge in [0.05, 0.1) is 0 Å². The second-order valence-electron chi connectivity index (χ2n) is 8.53. The molecular weight excluding hydrogens is 264 g/mol. The maximum atomic E-state index is 12.3. The fourth-order valence-electron chi connectivity index (χ4n) is 6.91. The van der Waals surface area contributed by atoms with Crippen LogP contribution in [0.4, 0.5) is 0 Å². The molecule has 5 aliphatic rings. The lowest BCUT2D eigenvalue weighted by Crippen LogP contribution is -2.53. The largest absolute Gasteiger partial charge is 0.362 e. The molecule has 0 N–H and O–H groups in total. The summed E-state index contributed by atoms with van der Waals surface area (Å²) in [5, 5.41) is 0. The van der Waals surface area contributed by atoms with E-state index < -0.39 is 0 Å². The maximum absolute atomic E-state index is 12.3. The van der Waals surface area contributed by atoms with Crippen LogP contribution in [0, 0.1) is 23.2 Å². The van der Waals surface area contributed by atoms with Crippen molar-refractivity contribution in [3.05, 3.63) is 0 Å². The van der Waals surface area contributed by atoms with Gasteiger partial charge in [0.1, 0.15) is 22.8 Å². The Labute approximate surface area is 125 Å². The van der Waals surface area contributed by atoms with E-state index in [2.05, 4.69) is 6.92 Å². The van der Waals surface area contributed by atoms with Crippen molar-refractivity contribution in [1.82, 2.24) is 0 Å². The normalized spacial score (nSPS) is 58.0. The molecule has 5 rings (SSSR count). The highest BCUT2D eigenvalue weighted by molar-refractivity contribution is 5.87. The Morgan fingerprint density at radius 1 is 1.00 bits per heavy atom. The van der Waals surface area contributed by atoms with E-state index in [0.717, 1.165) is 38.5 Å². The second kappa shape index (κ2) is 3.61. The number of carbonyl (C=O) groups is 2. The number of carbonyl (C=O) groups excluding carboxylic acids is 2. The Morgan fingerprint density at radius 2 is 1.86 bits per heavy atom. The zero-order valence-electron chi connectivity index (χ0n) is 12.8. The van der Waals surface area contributed by atoms with Crippen LogP contribution in [0.25, 0.3) is 0 Å². The van der Waals surface area contributed by atoms with Crippen molar-refractivity contribution >= 4 is 11.6 Å². The van der Waals surface area contributed by atoms with Gasteiger partial charge in [0.15, 0.2) is 0 Å². The molecule has 114 valence electrons. The van der Waals surface area contributed by atoms with Gasteiger partial charge in [-0.05, 0) is 56.3 Å². The van der Waals surface area contributed by atoms with Crippen molar-refractivity contribution in [2.45, 2.75) is 75.9 Å². The first-order valence-electron chi connectivity index (χ1n) is 8.76. The number of Topliss-reactive ketones (excluding diaryl/α,β-unsaturated/α-hetero) is 2. The molecule has 0 bridgehead atoms. The first kappa shape index (κ1) is 12.8. The molecule has 0 unspecified atom stereocenters. The highest BCUT2D eigenvalue weighted by atomic mass is 16.6. The van der Waals surface area contributed by atoms with Crippen molar-refractivity contribution in [1.29, 1.82) is 0 Å². The van der Waals surface area contributed by atoms with E-state index >= 15 is 0 Å². The van der Waals surface area contributed by atoms with E-state index in [4.69, 9.17) is 4.74 Å². The predicted molar refractivity (Wildman–Crippen MR) is 76.7 cm³/mol. The van der Waals surface area contributed by atoms with Crippen molar-refractivity contribution in [3.8, 4) is 0 Å². The topological polar surface area (TPSA) is 46.7 Å². The first-order chi connectivity index (χ1) is 10.0. The fourth-order valence-corrected chi connectivity index (χ4v) is 6.91. The zero-order chi connectivity index (χ0) is 14.5. The van der Waals surface area contributed by atoms with Gasteiger partial charge in [0, 0.05) is 24.7 Å². The standard InChI is InChI=1S/C18H24O3/c1-16-7-6-14-12(13(16)2-3-15(16)20)5-8-17-10-11(19)4-9-18(14,17)21-17/h12-14H,2-10H2,1H3/t12-,13-,14-,16-,17-,18-/m0/s1. The fraction of sp³-hybridized carbons (Fsp3) is 0.889. The van der Waals surface area contributed by atoms with Gasteiger partial charge in [0.25, 0.3) is 0 Å². The summed E-state index contributed by atoms with van der Waals surface area (Å²) in [7, 11) is 0. The van der Waals surface area contributed by atoms with Crippen LogP contribution in [-0.4, -0.2) is 22.8 Å². The van der Waals surface area contributed by atoms with Crippen molar-refractivity contribution < 1.29 is 14.3 Å². The monoisotopic (exact) mass is 288 g/mol. The van der Waals surface area contributed by atoms with Crippen LogP contribution < -0.4 is 0 Å². The summed E-state index contributed by atoms with van der Waals surface area (Å²) in [4.78, 5) is 24.2. The van der Waals surface area contributed by atoms with Gasteiger partial charge in [-0.25, -0.2) is 0 Å². The van der Waals surface area contributed by atoms with Gasteiger partial charge in [0.2, 0.25) is 0 Å². The zero-order valence-corrected chi connectivity index (χ0v) is 12.8. The van der Waals surface area contributed by atoms with Gasteiger partial charge in [-0.1, -0.05) is 6.92 Å². The molecule has 0 spiro atoms. The molecule has 1 heterocycles. The molecule has 5 fully saturated rings. The molecule has 0 aromatic rings. The van der Waals surface area contributed by atoms with Crippen LogP contribution in [-0.2, 0) is 14.3 Å². The summed E-state index contributed by atoms with van der Waals surface area (Å²) in [5.41, 5.74) is -0.103. The minimum Gasteiger partial charge on any atom is -0.362 e. The van der Waals surface area contributed by atoms with Gasteiger partial charge in [-0.2, -0.15) is 0 Å². The summed E-state index contributed by atoms with van der Waals surface area (Å²) >= 11 is 0. The van der Waals surface area contributed by atoms with Gasteiger partial charge in [-0.15, -0.1) is 0 Å². The van der Waals surface area contributed by atoms with Crippen molar-refractivity contribution in [3.63, 3.8) is 0 Å². The third-order valence-corrected chi connectivity index (χ3v) is 7.99. The quantitative estimate of drug-likeness (QED) is 0.644. The summed E-state index contributed by atoms with van der Waals surface area (Å²) < 4.78 is 6.36. The van der Waals surface area contributed by atoms with Gasteiger partial charge >= 0.3 is 0 Å². The highest BCUT2D eigenvalue weighted by Gasteiger charge is 2.78. The van der Waals surface area contributed by atoms with Gasteiger partial charge < -0.3 is 4.74 Å². The van der Waals surface area contributed by atoms with Crippen LogP contribution in [0.3, 0.4) is 0 Å². The lowest BCUT2D eigenvalue weighted by atomic mass is 9.50. The van der Waals surface area contributed by atoms with E-state index in [9.17, 15) is 9.59 Å². The maximum Gasteiger partial charge on any atom is 0.139 e. The molecule has 4 saturated carbocycles. The van der Waals surface area contributed by atoms with E-state index in [1.807, 2.05) is 0 Å². The number of epoxide rings is 1. The minimum atomic E-state index is -0.0835. The molecule has 4 aliphatic carbocycles. The van der Waals surface area contributed by atoms with Crippen LogP contribution in [0.1, 0.15) is 64.7 Å². The molecule has 1 aliphatic heterocycles. The summed E-state index contributed by atoms with van der Waals surface area (Å²) in [5.74, 6) is 2.77. The Bertz CT molecular complexity index is 555. The smallest absolute Gasteiger partial charge is 0.139 e. The summed E-state index contributed by atoms with van der Waals surface area (Å²) in [6, 6.07) is 0. The SMILES string of the molecule is C[C@]12CC[C@H]3[C@@H](CC[C@]45CC(=O)CC[C@]34O5)[C@@H]1CCC2=O. The summed E-state index contributed by atoms with van der Waals surface area (Å²) in [6.07, 6.45) is 8.63. The number of rotatable bonds is 0. The number of ether oxygens (including phenoxy) is 1. The molecule has 1 saturated heterocycles.